The van der Waals surface area contributed by atoms with Crippen molar-refractivity contribution in [2.24, 2.45) is 16.8 Å². The van der Waals surface area contributed by atoms with E-state index < -0.39 is 22.0 Å². The topological polar surface area (TPSA) is 144 Å². The second-order valence-corrected chi connectivity index (χ2v) is 8.54. The van der Waals surface area contributed by atoms with Crippen molar-refractivity contribution >= 4 is 43.8 Å². The normalized spacial score (nSPS) is 13.9. The Morgan fingerprint density at radius 1 is 1.17 bits per heavy atom. The van der Waals surface area contributed by atoms with Gasteiger partial charge in [0.1, 0.15) is 17.2 Å². The molecule has 0 saturated heterocycles. The van der Waals surface area contributed by atoms with Crippen molar-refractivity contribution < 1.29 is 27.6 Å². The molecule has 29 heavy (non-hydrogen) atoms. The fourth-order valence-electron chi connectivity index (χ4n) is 2.96. The van der Waals surface area contributed by atoms with Crippen molar-refractivity contribution in [1.29, 1.82) is 0 Å². The average molecular weight is 419 g/mol. The van der Waals surface area contributed by atoms with Gasteiger partial charge in [0.15, 0.2) is 5.84 Å². The molecule has 0 aliphatic carbocycles. The van der Waals surface area contributed by atoms with Gasteiger partial charge in [-0.15, -0.1) is 0 Å². The number of fused-ring (bicyclic) bond motifs is 3. The van der Waals surface area contributed by atoms with Crippen LogP contribution in [0, 0.1) is 5.92 Å². The summed E-state index contributed by atoms with van der Waals surface area (Å²) in [6.07, 6.45) is 0. The fourth-order valence-corrected chi connectivity index (χ4v) is 4.31. The fraction of sp³-hybridized carbons (Fsp3) is 0.263. The Morgan fingerprint density at radius 3 is 2.38 bits per heavy atom. The number of methoxy groups -OCH3 is 1. The molecule has 3 rings (SSSR count). The predicted molar refractivity (Wildman–Crippen MR) is 107 cm³/mol. The van der Waals surface area contributed by atoms with Crippen molar-refractivity contribution in [3.63, 3.8) is 0 Å². The zero-order valence-corrected chi connectivity index (χ0v) is 16.9. The maximum atomic E-state index is 12.8. The van der Waals surface area contributed by atoms with Crippen molar-refractivity contribution in [2.45, 2.75) is 24.8 Å². The molecule has 0 saturated carbocycles. The van der Waals surface area contributed by atoms with Crippen molar-refractivity contribution in [3.8, 4) is 0 Å². The zero-order valence-electron chi connectivity index (χ0n) is 16.0. The molecule has 9 nitrogen and oxygen atoms in total. The highest BCUT2D eigenvalue weighted by Crippen LogP contribution is 2.31. The summed E-state index contributed by atoms with van der Waals surface area (Å²) in [7, 11) is -2.79. The van der Waals surface area contributed by atoms with Crippen LogP contribution in [-0.4, -0.2) is 38.6 Å². The van der Waals surface area contributed by atoms with Crippen LogP contribution in [0.5, 0.6) is 0 Å². The van der Waals surface area contributed by atoms with E-state index in [0.717, 1.165) is 5.39 Å². The SMILES string of the molecule is COC(=O)[C@@H](NS(=O)(=O)c1ccc2c(c1)oc1cc(C(N)=NO)ccc12)C(C)C. The summed E-state index contributed by atoms with van der Waals surface area (Å²) >= 11 is 0. The van der Waals surface area contributed by atoms with E-state index in [1.54, 1.807) is 38.1 Å². The monoisotopic (exact) mass is 419 g/mol. The van der Waals surface area contributed by atoms with Gasteiger partial charge in [-0.2, -0.15) is 4.72 Å². The number of benzene rings is 2. The molecule has 0 aliphatic rings. The molecule has 4 N–H and O–H groups in total. The Labute approximate surface area is 167 Å². The van der Waals surface area contributed by atoms with E-state index in [9.17, 15) is 13.2 Å². The lowest BCUT2D eigenvalue weighted by atomic mass is 10.1. The lowest BCUT2D eigenvalue weighted by Crippen LogP contribution is -2.44. The number of nitrogens with two attached hydrogens (primary N) is 1. The first-order valence-corrected chi connectivity index (χ1v) is 10.2. The van der Waals surface area contributed by atoms with Gasteiger partial charge in [0, 0.05) is 22.4 Å². The number of hydrogen-bond donors (Lipinski definition) is 3. The number of amidine groups is 1. The minimum atomic E-state index is -4.00. The molecule has 154 valence electrons. The summed E-state index contributed by atoms with van der Waals surface area (Å²) in [6.45, 7) is 3.43. The summed E-state index contributed by atoms with van der Waals surface area (Å²) in [5, 5.41) is 13.2. The van der Waals surface area contributed by atoms with Crippen LogP contribution in [-0.2, 0) is 19.6 Å². The quantitative estimate of drug-likeness (QED) is 0.182. The Bertz CT molecular complexity index is 1210. The maximum absolute atomic E-state index is 12.8. The summed E-state index contributed by atoms with van der Waals surface area (Å²) in [5.74, 6) is -1.03. The zero-order chi connectivity index (χ0) is 21.3. The largest absolute Gasteiger partial charge is 0.468 e. The van der Waals surface area contributed by atoms with Gasteiger partial charge in [0.2, 0.25) is 10.0 Å². The van der Waals surface area contributed by atoms with Crippen LogP contribution in [0.15, 0.2) is 50.9 Å². The second kappa shape index (κ2) is 7.72. The molecule has 0 amide bonds. The molecule has 0 unspecified atom stereocenters. The molecular weight excluding hydrogens is 398 g/mol. The van der Waals surface area contributed by atoms with Gasteiger partial charge < -0.3 is 20.1 Å². The lowest BCUT2D eigenvalue weighted by Gasteiger charge is -2.19. The lowest BCUT2D eigenvalue weighted by molar-refractivity contribution is -0.143. The highest BCUT2D eigenvalue weighted by atomic mass is 32.2. The number of carbonyl (C=O) groups excluding carboxylic acids is 1. The van der Waals surface area contributed by atoms with Crippen LogP contribution < -0.4 is 10.5 Å². The van der Waals surface area contributed by atoms with Gasteiger partial charge in [0.05, 0.1) is 12.0 Å². The van der Waals surface area contributed by atoms with Gasteiger partial charge in [0.25, 0.3) is 0 Å². The van der Waals surface area contributed by atoms with E-state index in [1.807, 2.05) is 0 Å². The third kappa shape index (κ3) is 3.89. The van der Waals surface area contributed by atoms with Crippen LogP contribution in [0.3, 0.4) is 0 Å². The molecule has 10 heteroatoms. The smallest absolute Gasteiger partial charge is 0.324 e. The number of carbonyl (C=O) groups is 1. The molecule has 1 aromatic heterocycles. The van der Waals surface area contributed by atoms with E-state index in [0.29, 0.717) is 22.1 Å². The third-order valence-corrected chi connectivity index (χ3v) is 6.00. The van der Waals surface area contributed by atoms with Gasteiger partial charge >= 0.3 is 5.97 Å². The Kier molecular flexibility index (Phi) is 5.49. The van der Waals surface area contributed by atoms with Crippen LogP contribution in [0.1, 0.15) is 19.4 Å². The van der Waals surface area contributed by atoms with Gasteiger partial charge in [-0.1, -0.05) is 25.1 Å². The van der Waals surface area contributed by atoms with Gasteiger partial charge in [-0.05, 0) is 30.2 Å². The molecule has 1 heterocycles. The number of furan rings is 1. The molecule has 0 bridgehead atoms. The molecule has 3 aromatic rings. The highest BCUT2D eigenvalue weighted by Gasteiger charge is 2.29. The number of ether oxygens (including phenoxy) is 1. The molecule has 0 aliphatic heterocycles. The van der Waals surface area contributed by atoms with Crippen LogP contribution in [0.4, 0.5) is 0 Å². The number of esters is 1. The summed E-state index contributed by atoms with van der Waals surface area (Å²) in [5.41, 5.74) is 6.87. The van der Waals surface area contributed by atoms with Crippen molar-refractivity contribution in [1.82, 2.24) is 4.72 Å². The molecule has 0 spiro atoms. The van der Waals surface area contributed by atoms with E-state index in [2.05, 4.69) is 14.6 Å². The first kappa shape index (κ1) is 20.6. The molecule has 1 atom stereocenters. The number of hydrogen-bond acceptors (Lipinski definition) is 7. The number of oxime groups is 1. The standard InChI is InChI=1S/C19H21N3O6S/c1-10(2)17(19(23)27-3)22-29(25,26)12-5-7-14-13-6-4-11(18(20)21-24)8-15(13)28-16(14)9-12/h4-10,17,22,24H,1-3H3,(H2,20,21)/t17-/m0/s1. The third-order valence-electron chi connectivity index (χ3n) is 4.56. The van der Waals surface area contributed by atoms with Crippen LogP contribution in [0.25, 0.3) is 21.9 Å². The molecule has 2 aromatic carbocycles. The van der Waals surface area contributed by atoms with Crippen molar-refractivity contribution in [2.75, 3.05) is 7.11 Å². The van der Waals surface area contributed by atoms with Crippen LogP contribution in [0.2, 0.25) is 0 Å². The predicted octanol–water partition coefficient (Wildman–Crippen LogP) is 2.16. The summed E-state index contributed by atoms with van der Waals surface area (Å²) in [4.78, 5) is 11.9. The molecular formula is C19H21N3O6S. The first-order valence-electron chi connectivity index (χ1n) is 8.72. The van der Waals surface area contributed by atoms with E-state index in [1.165, 1.54) is 19.2 Å². The highest BCUT2D eigenvalue weighted by molar-refractivity contribution is 7.89. The van der Waals surface area contributed by atoms with Gasteiger partial charge in [-0.3, -0.25) is 4.79 Å². The Morgan fingerprint density at radius 2 is 1.79 bits per heavy atom. The minimum Gasteiger partial charge on any atom is -0.468 e. The minimum absolute atomic E-state index is 0.0460. The van der Waals surface area contributed by atoms with Crippen molar-refractivity contribution in [3.05, 3.63) is 42.0 Å². The molecule has 0 fully saturated rings. The van der Waals surface area contributed by atoms with E-state index in [-0.39, 0.29) is 16.6 Å². The van der Waals surface area contributed by atoms with E-state index in [4.69, 9.17) is 15.4 Å². The average Bonchev–Trinajstić information content (AvgIpc) is 3.07. The van der Waals surface area contributed by atoms with Gasteiger partial charge in [-0.25, -0.2) is 8.42 Å². The summed E-state index contributed by atoms with van der Waals surface area (Å²) < 4.78 is 38.4. The summed E-state index contributed by atoms with van der Waals surface area (Å²) in [6, 6.07) is 8.44. The number of nitrogens with zero attached hydrogens (tertiary/aromatic N) is 1. The van der Waals surface area contributed by atoms with Crippen LogP contribution >= 0.6 is 0 Å². The number of rotatable bonds is 6. The first-order chi connectivity index (χ1) is 13.7. The Hall–Kier alpha value is -3.11. The number of sulfonamides is 1. The second-order valence-electron chi connectivity index (χ2n) is 6.82. The Balaban J connectivity index is 2.04. The van der Waals surface area contributed by atoms with E-state index >= 15 is 0 Å². The number of nitrogens with one attached hydrogen (secondary N) is 1. The maximum Gasteiger partial charge on any atom is 0.324 e. The molecule has 0 radical (unpaired) electrons.